The van der Waals surface area contributed by atoms with E-state index >= 15 is 0 Å². The fraction of sp³-hybridized carbons (Fsp3) is 0.615. The van der Waals surface area contributed by atoms with Gasteiger partial charge in [0, 0.05) is 23.1 Å². The Hall–Kier alpha value is -2.00. The van der Waals surface area contributed by atoms with Crippen molar-refractivity contribution in [2.45, 2.75) is 83.6 Å². The highest BCUT2D eigenvalue weighted by atomic mass is 79.9. The van der Waals surface area contributed by atoms with Gasteiger partial charge in [-0.1, -0.05) is 80.6 Å². The Kier molecular flexibility index (Phi) is 13.9. The molecule has 194 valence electrons. The molecule has 1 unspecified atom stereocenters. The Morgan fingerprint density at radius 2 is 1.66 bits per heavy atom. The summed E-state index contributed by atoms with van der Waals surface area (Å²) in [6.45, 7) is 3.38. The number of nitrogens with zero attached hydrogens (tertiary/aromatic N) is 1. The van der Waals surface area contributed by atoms with Crippen molar-refractivity contribution >= 4 is 51.0 Å². The van der Waals surface area contributed by atoms with Gasteiger partial charge in [-0.3, -0.25) is 19.7 Å². The average Bonchev–Trinajstić information content (AvgIpc) is 2.84. The average molecular weight is 569 g/mol. The van der Waals surface area contributed by atoms with Crippen molar-refractivity contribution in [2.75, 3.05) is 19.7 Å². The van der Waals surface area contributed by atoms with Crippen molar-refractivity contribution in [1.29, 1.82) is 0 Å². The number of halogens is 1. The van der Waals surface area contributed by atoms with Crippen LogP contribution in [0.5, 0.6) is 0 Å². The van der Waals surface area contributed by atoms with E-state index in [2.05, 4.69) is 33.5 Å². The van der Waals surface area contributed by atoms with Crippen molar-refractivity contribution in [1.82, 2.24) is 15.5 Å². The normalized spacial score (nSPS) is 15.4. The molecule has 2 N–H and O–H groups in total. The third-order valence-corrected chi connectivity index (χ3v) is 6.90. The Bertz CT molecular complexity index is 834. The molecule has 1 aliphatic rings. The van der Waals surface area contributed by atoms with Crippen LogP contribution in [0, 0.1) is 0 Å². The van der Waals surface area contributed by atoms with E-state index in [4.69, 9.17) is 17.0 Å². The third-order valence-electron chi connectivity index (χ3n) is 6.04. The number of carbonyl (C=O) groups excluding carboxylic acids is 3. The second-order valence-corrected chi connectivity index (χ2v) is 10.2. The first-order valence-corrected chi connectivity index (χ1v) is 13.9. The van der Waals surface area contributed by atoms with Crippen LogP contribution in [-0.2, 0) is 14.3 Å². The first kappa shape index (κ1) is 29.2. The van der Waals surface area contributed by atoms with Crippen LogP contribution in [0.25, 0.3) is 0 Å². The first-order valence-electron chi connectivity index (χ1n) is 12.7. The molecule has 1 saturated heterocycles. The van der Waals surface area contributed by atoms with E-state index in [9.17, 15) is 14.4 Å². The van der Waals surface area contributed by atoms with Crippen LogP contribution in [-0.4, -0.2) is 53.5 Å². The van der Waals surface area contributed by atoms with Gasteiger partial charge in [-0.2, -0.15) is 0 Å². The molecule has 1 aliphatic heterocycles. The van der Waals surface area contributed by atoms with Gasteiger partial charge >= 0.3 is 5.97 Å². The zero-order valence-corrected chi connectivity index (χ0v) is 23.1. The lowest BCUT2D eigenvalue weighted by molar-refractivity contribution is -0.147. The van der Waals surface area contributed by atoms with Gasteiger partial charge in [0.05, 0.1) is 13.0 Å². The number of benzene rings is 1. The summed E-state index contributed by atoms with van der Waals surface area (Å²) < 4.78 is 6.24. The SMILES string of the molecule is CCCCCCCCCCCCOC(=O)CC1C(=O)NCCN1C(=S)NC(=O)c1ccc(Br)cc1. The predicted molar refractivity (Wildman–Crippen MR) is 145 cm³/mol. The van der Waals surface area contributed by atoms with Crippen LogP contribution in [0.15, 0.2) is 28.7 Å². The van der Waals surface area contributed by atoms with E-state index < -0.39 is 12.0 Å². The number of piperazine rings is 1. The second kappa shape index (κ2) is 16.6. The van der Waals surface area contributed by atoms with Crippen LogP contribution in [0.4, 0.5) is 0 Å². The monoisotopic (exact) mass is 567 g/mol. The summed E-state index contributed by atoms with van der Waals surface area (Å²) in [5.41, 5.74) is 0.449. The van der Waals surface area contributed by atoms with Crippen LogP contribution in [0.3, 0.4) is 0 Å². The number of carbonyl (C=O) groups is 3. The fourth-order valence-corrected chi connectivity index (χ4v) is 4.57. The molecule has 1 aromatic rings. The minimum absolute atomic E-state index is 0.113. The highest BCUT2D eigenvalue weighted by molar-refractivity contribution is 9.10. The minimum atomic E-state index is -0.804. The molecule has 0 spiro atoms. The molecule has 2 amide bonds. The zero-order valence-electron chi connectivity index (χ0n) is 20.7. The van der Waals surface area contributed by atoms with Gasteiger partial charge in [-0.25, -0.2) is 0 Å². The number of ether oxygens (including phenoxy) is 1. The number of rotatable bonds is 14. The number of thiocarbonyl (C=S) groups is 1. The Morgan fingerprint density at radius 1 is 1.06 bits per heavy atom. The highest BCUT2D eigenvalue weighted by Gasteiger charge is 2.34. The molecule has 0 aliphatic carbocycles. The van der Waals surface area contributed by atoms with Crippen LogP contribution in [0.2, 0.25) is 0 Å². The molecular formula is C26H38BrN3O4S. The van der Waals surface area contributed by atoms with Crippen LogP contribution in [0.1, 0.15) is 87.9 Å². The van der Waals surface area contributed by atoms with Crippen molar-refractivity contribution in [3.05, 3.63) is 34.3 Å². The van der Waals surface area contributed by atoms with Crippen molar-refractivity contribution < 1.29 is 19.1 Å². The Balaban J connectivity index is 1.70. The summed E-state index contributed by atoms with van der Waals surface area (Å²) >= 11 is 8.73. The van der Waals surface area contributed by atoms with Gasteiger partial charge in [0.2, 0.25) is 5.91 Å². The van der Waals surface area contributed by atoms with Crippen molar-refractivity contribution in [3.8, 4) is 0 Å². The molecule has 0 radical (unpaired) electrons. The maximum absolute atomic E-state index is 12.5. The molecule has 9 heteroatoms. The lowest BCUT2D eigenvalue weighted by atomic mass is 10.1. The molecule has 1 heterocycles. The molecule has 35 heavy (non-hydrogen) atoms. The molecule has 1 aromatic carbocycles. The van der Waals surface area contributed by atoms with Gasteiger partial charge in [-0.05, 0) is 42.9 Å². The van der Waals surface area contributed by atoms with Gasteiger partial charge in [0.25, 0.3) is 5.91 Å². The van der Waals surface area contributed by atoms with E-state index in [1.54, 1.807) is 29.2 Å². The fourth-order valence-electron chi connectivity index (χ4n) is 4.00. The lowest BCUT2D eigenvalue weighted by Gasteiger charge is -2.36. The van der Waals surface area contributed by atoms with Gasteiger partial charge in [0.15, 0.2) is 5.11 Å². The second-order valence-electron chi connectivity index (χ2n) is 8.87. The summed E-state index contributed by atoms with van der Waals surface area (Å²) in [6.07, 6.45) is 12.0. The summed E-state index contributed by atoms with van der Waals surface area (Å²) in [4.78, 5) is 39.0. The minimum Gasteiger partial charge on any atom is -0.466 e. The number of nitrogens with one attached hydrogen (secondary N) is 2. The summed E-state index contributed by atoms with van der Waals surface area (Å²) in [5, 5.41) is 5.56. The number of esters is 1. The number of amides is 2. The Morgan fingerprint density at radius 3 is 2.29 bits per heavy atom. The molecule has 0 saturated carbocycles. The first-order chi connectivity index (χ1) is 16.9. The standard InChI is InChI=1S/C26H38BrN3O4S/c1-2-3-4-5-6-7-8-9-10-11-18-34-23(31)19-22-25(33)28-16-17-30(22)26(35)29-24(32)20-12-14-21(27)15-13-20/h12-15,22H,2-11,16-19H2,1H3,(H,28,33)(H,29,32,35). The quantitative estimate of drug-likeness (QED) is 0.184. The third kappa shape index (κ3) is 11.1. The van der Waals surface area contributed by atoms with Gasteiger partial charge < -0.3 is 15.0 Å². The maximum Gasteiger partial charge on any atom is 0.308 e. The zero-order chi connectivity index (χ0) is 25.5. The largest absolute Gasteiger partial charge is 0.466 e. The van der Waals surface area contributed by atoms with Gasteiger partial charge in [0.1, 0.15) is 6.04 Å². The summed E-state index contributed by atoms with van der Waals surface area (Å²) in [7, 11) is 0. The van der Waals surface area contributed by atoms with E-state index in [1.807, 2.05) is 0 Å². The van der Waals surface area contributed by atoms with E-state index in [0.29, 0.717) is 25.3 Å². The molecule has 1 atom stereocenters. The summed E-state index contributed by atoms with van der Waals surface area (Å²) in [6, 6.07) is 6.07. The number of hydrogen-bond acceptors (Lipinski definition) is 5. The Labute approximate surface area is 222 Å². The smallest absolute Gasteiger partial charge is 0.308 e. The molecule has 2 rings (SSSR count). The van der Waals surface area contributed by atoms with E-state index in [1.165, 1.54) is 44.9 Å². The highest BCUT2D eigenvalue weighted by Crippen LogP contribution is 2.14. The summed E-state index contributed by atoms with van der Waals surface area (Å²) in [5.74, 6) is -1.10. The predicted octanol–water partition coefficient (Wildman–Crippen LogP) is 5.12. The topological polar surface area (TPSA) is 87.7 Å². The lowest BCUT2D eigenvalue weighted by Crippen LogP contribution is -2.60. The van der Waals surface area contributed by atoms with E-state index in [0.717, 1.165) is 23.7 Å². The van der Waals surface area contributed by atoms with E-state index in [-0.39, 0.29) is 23.3 Å². The number of hydrogen-bond donors (Lipinski definition) is 2. The van der Waals surface area contributed by atoms with Crippen LogP contribution >= 0.6 is 28.1 Å². The molecule has 1 fully saturated rings. The molecular weight excluding hydrogens is 530 g/mol. The molecule has 0 aromatic heterocycles. The maximum atomic E-state index is 12.5. The molecule has 7 nitrogen and oxygen atoms in total. The van der Waals surface area contributed by atoms with Crippen molar-refractivity contribution in [3.63, 3.8) is 0 Å². The number of unbranched alkanes of at least 4 members (excludes halogenated alkanes) is 9. The van der Waals surface area contributed by atoms with Gasteiger partial charge in [-0.15, -0.1) is 0 Å². The van der Waals surface area contributed by atoms with Crippen LogP contribution < -0.4 is 10.6 Å². The van der Waals surface area contributed by atoms with Crippen molar-refractivity contribution in [2.24, 2.45) is 0 Å². The molecule has 0 bridgehead atoms.